The molecule has 0 aliphatic heterocycles. The predicted octanol–water partition coefficient (Wildman–Crippen LogP) is 0.641. The third-order valence-corrected chi connectivity index (χ3v) is 2.38. The Labute approximate surface area is 100.0 Å². The summed E-state index contributed by atoms with van der Waals surface area (Å²) >= 11 is 0. The molecule has 0 saturated heterocycles. The second-order valence-corrected chi connectivity index (χ2v) is 5.26. The maximum Gasteiger partial charge on any atom is 0.236 e. The highest BCUT2D eigenvalue weighted by Crippen LogP contribution is 2.05. The van der Waals surface area contributed by atoms with Crippen LogP contribution in [0.1, 0.15) is 20.3 Å². The number of rotatable bonds is 7. The molecule has 96 valence electrons. The molecule has 4 heteroatoms. The van der Waals surface area contributed by atoms with Crippen LogP contribution in [0, 0.1) is 5.92 Å². The van der Waals surface area contributed by atoms with Crippen molar-refractivity contribution < 1.29 is 4.79 Å². The number of amides is 1. The highest BCUT2D eigenvalue weighted by Gasteiger charge is 2.13. The van der Waals surface area contributed by atoms with E-state index in [2.05, 4.69) is 38.2 Å². The van der Waals surface area contributed by atoms with Crippen molar-refractivity contribution in [3.63, 3.8) is 0 Å². The third-order valence-electron chi connectivity index (χ3n) is 2.38. The number of hydrogen-bond donors (Lipinski definition) is 1. The molecular formula is C12H27N3O. The first-order valence-corrected chi connectivity index (χ1v) is 5.91. The third kappa shape index (κ3) is 7.65. The molecule has 0 spiro atoms. The summed E-state index contributed by atoms with van der Waals surface area (Å²) in [6, 6.07) is 0.388. The van der Waals surface area contributed by atoms with Crippen molar-refractivity contribution in [2.75, 3.05) is 41.3 Å². The summed E-state index contributed by atoms with van der Waals surface area (Å²) in [5.74, 6) is 0.777. The van der Waals surface area contributed by atoms with Gasteiger partial charge in [0.1, 0.15) is 0 Å². The maximum atomic E-state index is 11.5. The van der Waals surface area contributed by atoms with E-state index in [1.165, 1.54) is 0 Å². The summed E-state index contributed by atoms with van der Waals surface area (Å²) in [7, 11) is 7.69. The van der Waals surface area contributed by atoms with Crippen LogP contribution in [0.15, 0.2) is 0 Å². The van der Waals surface area contributed by atoms with E-state index in [1.54, 1.807) is 19.0 Å². The first-order valence-electron chi connectivity index (χ1n) is 5.91. The first-order chi connectivity index (χ1) is 7.32. The minimum absolute atomic E-state index is 0.132. The fourth-order valence-electron chi connectivity index (χ4n) is 1.62. The fourth-order valence-corrected chi connectivity index (χ4v) is 1.62. The average molecular weight is 229 g/mol. The first kappa shape index (κ1) is 15.4. The number of likely N-dealkylation sites (N-methyl/N-ethyl adjacent to an activating group) is 2. The Balaban J connectivity index is 4.05. The molecule has 0 aromatic carbocycles. The van der Waals surface area contributed by atoms with Gasteiger partial charge in [-0.3, -0.25) is 4.79 Å². The van der Waals surface area contributed by atoms with Crippen molar-refractivity contribution in [2.24, 2.45) is 5.92 Å². The minimum Gasteiger partial charge on any atom is -0.348 e. The molecule has 1 unspecified atom stereocenters. The molecule has 0 aromatic rings. The topological polar surface area (TPSA) is 35.6 Å². The van der Waals surface area contributed by atoms with Gasteiger partial charge < -0.3 is 15.1 Å². The van der Waals surface area contributed by atoms with Crippen molar-refractivity contribution in [3.05, 3.63) is 0 Å². The predicted molar refractivity (Wildman–Crippen MR) is 68.5 cm³/mol. The summed E-state index contributed by atoms with van der Waals surface area (Å²) in [5.41, 5.74) is 0. The van der Waals surface area contributed by atoms with E-state index in [0.29, 0.717) is 18.5 Å². The lowest BCUT2D eigenvalue weighted by molar-refractivity contribution is -0.127. The Morgan fingerprint density at radius 1 is 1.19 bits per heavy atom. The largest absolute Gasteiger partial charge is 0.348 e. The molecule has 4 nitrogen and oxygen atoms in total. The van der Waals surface area contributed by atoms with Crippen molar-refractivity contribution in [1.29, 1.82) is 0 Å². The van der Waals surface area contributed by atoms with Crippen LogP contribution in [0.5, 0.6) is 0 Å². The molecule has 0 saturated carbocycles. The Kier molecular flexibility index (Phi) is 7.34. The van der Waals surface area contributed by atoms with Crippen molar-refractivity contribution >= 4 is 5.91 Å². The van der Waals surface area contributed by atoms with Gasteiger partial charge in [-0.2, -0.15) is 0 Å². The maximum absolute atomic E-state index is 11.5. The lowest BCUT2D eigenvalue weighted by Gasteiger charge is -2.24. The molecule has 0 rings (SSSR count). The molecule has 0 heterocycles. The summed E-state index contributed by atoms with van der Waals surface area (Å²) in [4.78, 5) is 15.2. The standard InChI is InChI=1S/C12H27N3O/c1-10(2)7-11(9-14(3)4)13-8-12(16)15(5)6/h10-11,13H,7-9H2,1-6H3. The van der Waals surface area contributed by atoms with Crippen LogP contribution < -0.4 is 5.32 Å². The smallest absolute Gasteiger partial charge is 0.236 e. The van der Waals surface area contributed by atoms with Crippen molar-refractivity contribution in [3.8, 4) is 0 Å². The van der Waals surface area contributed by atoms with Crippen LogP contribution in [0.3, 0.4) is 0 Å². The Morgan fingerprint density at radius 3 is 2.12 bits per heavy atom. The van der Waals surface area contributed by atoms with Gasteiger partial charge in [-0.1, -0.05) is 13.8 Å². The zero-order chi connectivity index (χ0) is 12.7. The van der Waals surface area contributed by atoms with E-state index < -0.39 is 0 Å². The highest BCUT2D eigenvalue weighted by atomic mass is 16.2. The van der Waals surface area contributed by atoms with Crippen LogP contribution in [0.25, 0.3) is 0 Å². The van der Waals surface area contributed by atoms with E-state index in [4.69, 9.17) is 0 Å². The van der Waals surface area contributed by atoms with E-state index in [1.807, 2.05) is 0 Å². The number of nitrogens with zero attached hydrogens (tertiary/aromatic N) is 2. The van der Waals surface area contributed by atoms with Crippen LogP contribution in [-0.2, 0) is 4.79 Å². The Bertz CT molecular complexity index is 192. The second-order valence-electron chi connectivity index (χ2n) is 5.26. The highest BCUT2D eigenvalue weighted by molar-refractivity contribution is 5.77. The molecule has 0 bridgehead atoms. The molecule has 0 radical (unpaired) electrons. The summed E-state index contributed by atoms with van der Waals surface area (Å²) in [5, 5.41) is 3.33. The zero-order valence-corrected chi connectivity index (χ0v) is 11.6. The lowest BCUT2D eigenvalue weighted by Crippen LogP contribution is -2.44. The van der Waals surface area contributed by atoms with Gasteiger partial charge in [0.25, 0.3) is 0 Å². The Morgan fingerprint density at radius 2 is 1.75 bits per heavy atom. The number of carbonyl (C=O) groups excluding carboxylic acids is 1. The van der Waals surface area contributed by atoms with E-state index >= 15 is 0 Å². The van der Waals surface area contributed by atoms with Gasteiger partial charge in [0.15, 0.2) is 0 Å². The quantitative estimate of drug-likeness (QED) is 0.696. The lowest BCUT2D eigenvalue weighted by atomic mass is 10.0. The number of carbonyl (C=O) groups is 1. The molecule has 1 amide bonds. The van der Waals surface area contributed by atoms with Crippen molar-refractivity contribution in [1.82, 2.24) is 15.1 Å². The summed E-state index contributed by atoms with van der Waals surface area (Å²) in [6.07, 6.45) is 1.10. The van der Waals surface area contributed by atoms with Crippen LogP contribution in [0.2, 0.25) is 0 Å². The number of hydrogen-bond acceptors (Lipinski definition) is 3. The molecule has 0 aromatic heterocycles. The van der Waals surface area contributed by atoms with Gasteiger partial charge in [0, 0.05) is 26.7 Å². The number of nitrogens with one attached hydrogen (secondary N) is 1. The Hall–Kier alpha value is -0.610. The average Bonchev–Trinajstić information content (AvgIpc) is 2.11. The SMILES string of the molecule is CC(C)CC(CN(C)C)NCC(=O)N(C)C. The molecule has 1 atom stereocenters. The fraction of sp³-hybridized carbons (Fsp3) is 0.917. The van der Waals surface area contributed by atoms with E-state index in [9.17, 15) is 4.79 Å². The molecule has 0 aliphatic rings. The van der Waals surface area contributed by atoms with Gasteiger partial charge in [-0.05, 0) is 26.4 Å². The van der Waals surface area contributed by atoms with Gasteiger partial charge in [-0.15, -0.1) is 0 Å². The van der Waals surface area contributed by atoms with Crippen molar-refractivity contribution in [2.45, 2.75) is 26.3 Å². The summed E-state index contributed by atoms with van der Waals surface area (Å²) < 4.78 is 0. The van der Waals surface area contributed by atoms with Gasteiger partial charge >= 0.3 is 0 Å². The van der Waals surface area contributed by atoms with Gasteiger partial charge in [0.2, 0.25) is 5.91 Å². The molecule has 16 heavy (non-hydrogen) atoms. The molecule has 0 aliphatic carbocycles. The van der Waals surface area contributed by atoms with Crippen LogP contribution >= 0.6 is 0 Å². The molecule has 1 N–H and O–H groups in total. The minimum atomic E-state index is 0.132. The summed E-state index contributed by atoms with van der Waals surface area (Å²) in [6.45, 7) is 5.81. The van der Waals surface area contributed by atoms with Gasteiger partial charge in [0.05, 0.1) is 6.54 Å². The second kappa shape index (κ2) is 7.63. The van der Waals surface area contributed by atoms with E-state index in [-0.39, 0.29) is 5.91 Å². The zero-order valence-electron chi connectivity index (χ0n) is 11.6. The molecular weight excluding hydrogens is 202 g/mol. The van der Waals surface area contributed by atoms with Crippen LogP contribution in [-0.4, -0.2) is 63.0 Å². The van der Waals surface area contributed by atoms with E-state index in [0.717, 1.165) is 13.0 Å². The molecule has 0 fully saturated rings. The normalized spacial score (nSPS) is 13.2. The van der Waals surface area contributed by atoms with Crippen LogP contribution in [0.4, 0.5) is 0 Å². The van der Waals surface area contributed by atoms with Gasteiger partial charge in [-0.25, -0.2) is 0 Å². The monoisotopic (exact) mass is 229 g/mol.